The molecule has 106 valence electrons. The SMILES string of the molecule is CCCC1=CC(=O)N(C2C(CC)SC2C(N)=O)C1O. The van der Waals surface area contributed by atoms with Gasteiger partial charge in [-0.05, 0) is 18.4 Å². The van der Waals surface area contributed by atoms with Gasteiger partial charge in [-0.25, -0.2) is 0 Å². The summed E-state index contributed by atoms with van der Waals surface area (Å²) in [4.78, 5) is 24.9. The second-order valence-corrected chi connectivity index (χ2v) is 6.37. The van der Waals surface area contributed by atoms with Crippen LogP contribution < -0.4 is 5.73 Å². The standard InChI is InChI=1S/C13H20N2O3S/c1-3-5-7-6-9(16)15(13(7)18)10-8(4-2)19-11(10)12(14)17/h6,8,10-11,13,18H,3-5H2,1-2H3,(H2,14,17). The van der Waals surface area contributed by atoms with E-state index in [0.717, 1.165) is 18.4 Å². The van der Waals surface area contributed by atoms with Crippen LogP contribution in [0.1, 0.15) is 33.1 Å². The molecule has 2 heterocycles. The number of rotatable bonds is 5. The molecule has 6 heteroatoms. The molecule has 4 atom stereocenters. The van der Waals surface area contributed by atoms with Crippen LogP contribution in [0.15, 0.2) is 11.6 Å². The van der Waals surface area contributed by atoms with Crippen molar-refractivity contribution >= 4 is 23.6 Å². The number of carbonyl (C=O) groups excluding carboxylic acids is 2. The van der Waals surface area contributed by atoms with E-state index in [4.69, 9.17) is 5.73 Å². The van der Waals surface area contributed by atoms with Crippen LogP contribution in [0.5, 0.6) is 0 Å². The van der Waals surface area contributed by atoms with Gasteiger partial charge in [-0.1, -0.05) is 20.3 Å². The third kappa shape index (κ3) is 2.39. The molecule has 2 rings (SSSR count). The molecule has 0 spiro atoms. The first kappa shape index (κ1) is 14.4. The topological polar surface area (TPSA) is 83.6 Å². The smallest absolute Gasteiger partial charge is 0.249 e. The first-order valence-electron chi connectivity index (χ1n) is 6.66. The number of nitrogens with zero attached hydrogens (tertiary/aromatic N) is 1. The quantitative estimate of drug-likeness (QED) is 0.775. The Bertz CT molecular complexity index is 424. The maximum atomic E-state index is 12.1. The van der Waals surface area contributed by atoms with E-state index in [1.165, 1.54) is 22.7 Å². The minimum atomic E-state index is -0.894. The summed E-state index contributed by atoms with van der Waals surface area (Å²) in [6.45, 7) is 4.01. The predicted molar refractivity (Wildman–Crippen MR) is 74.3 cm³/mol. The Kier molecular flexibility index (Phi) is 4.20. The monoisotopic (exact) mass is 284 g/mol. The molecule has 4 unspecified atom stereocenters. The number of hydrogen-bond donors (Lipinski definition) is 2. The molecule has 0 aromatic heterocycles. The highest BCUT2D eigenvalue weighted by molar-refractivity contribution is 8.02. The molecule has 0 aliphatic carbocycles. The summed E-state index contributed by atoms with van der Waals surface area (Å²) in [6, 6.07) is -0.277. The second kappa shape index (κ2) is 5.54. The van der Waals surface area contributed by atoms with Crippen molar-refractivity contribution in [3.8, 4) is 0 Å². The molecule has 0 aromatic carbocycles. The van der Waals surface area contributed by atoms with Gasteiger partial charge in [0.2, 0.25) is 11.8 Å². The lowest BCUT2D eigenvalue weighted by Crippen LogP contribution is -2.63. The van der Waals surface area contributed by atoms with Gasteiger partial charge in [0.25, 0.3) is 0 Å². The molecule has 0 radical (unpaired) electrons. The van der Waals surface area contributed by atoms with Gasteiger partial charge < -0.3 is 15.7 Å². The van der Waals surface area contributed by atoms with Crippen molar-refractivity contribution in [1.29, 1.82) is 0 Å². The molecule has 1 fully saturated rings. The summed E-state index contributed by atoms with van der Waals surface area (Å²) in [5.74, 6) is -0.616. The van der Waals surface area contributed by atoms with Crippen molar-refractivity contribution in [1.82, 2.24) is 4.90 Å². The summed E-state index contributed by atoms with van der Waals surface area (Å²) in [5.41, 5.74) is 6.10. The van der Waals surface area contributed by atoms with Gasteiger partial charge in [-0.15, -0.1) is 11.8 Å². The van der Waals surface area contributed by atoms with Gasteiger partial charge >= 0.3 is 0 Å². The van der Waals surface area contributed by atoms with Crippen LogP contribution in [-0.4, -0.2) is 44.6 Å². The fourth-order valence-corrected chi connectivity index (χ4v) is 4.12. The second-order valence-electron chi connectivity index (χ2n) is 4.98. The third-order valence-corrected chi connectivity index (χ3v) is 5.48. The van der Waals surface area contributed by atoms with Crippen molar-refractivity contribution in [2.45, 2.75) is 55.9 Å². The number of primary amides is 1. The number of nitrogens with two attached hydrogens (primary N) is 1. The van der Waals surface area contributed by atoms with Gasteiger partial charge in [-0.2, -0.15) is 0 Å². The van der Waals surface area contributed by atoms with E-state index in [1.807, 2.05) is 13.8 Å². The predicted octanol–water partition coefficient (Wildman–Crippen LogP) is 0.621. The fourth-order valence-electron chi connectivity index (χ4n) is 2.76. The van der Waals surface area contributed by atoms with Crippen LogP contribution in [0.3, 0.4) is 0 Å². The average Bonchev–Trinajstić information content (AvgIpc) is 2.57. The van der Waals surface area contributed by atoms with E-state index in [2.05, 4.69) is 0 Å². The van der Waals surface area contributed by atoms with E-state index in [-0.39, 0.29) is 17.2 Å². The zero-order valence-corrected chi connectivity index (χ0v) is 12.0. The van der Waals surface area contributed by atoms with Crippen LogP contribution in [-0.2, 0) is 9.59 Å². The Labute approximate surface area is 117 Å². The molecular weight excluding hydrogens is 264 g/mol. The first-order valence-corrected chi connectivity index (χ1v) is 7.61. The number of aliphatic hydroxyl groups excluding tert-OH is 1. The summed E-state index contributed by atoms with van der Waals surface area (Å²) in [7, 11) is 0. The lowest BCUT2D eigenvalue weighted by Gasteiger charge is -2.48. The number of aliphatic hydroxyl groups is 1. The van der Waals surface area contributed by atoms with E-state index < -0.39 is 17.4 Å². The van der Waals surface area contributed by atoms with Gasteiger partial charge in [-0.3, -0.25) is 9.59 Å². The molecule has 1 saturated heterocycles. The highest BCUT2D eigenvalue weighted by Crippen LogP contribution is 2.44. The summed E-state index contributed by atoms with van der Waals surface area (Å²) < 4.78 is 0. The highest BCUT2D eigenvalue weighted by atomic mass is 32.2. The molecule has 2 amide bonds. The van der Waals surface area contributed by atoms with Crippen molar-refractivity contribution in [3.05, 3.63) is 11.6 Å². The molecule has 0 bridgehead atoms. The number of carbonyl (C=O) groups is 2. The fraction of sp³-hybridized carbons (Fsp3) is 0.692. The van der Waals surface area contributed by atoms with Gasteiger partial charge in [0.15, 0.2) is 6.23 Å². The number of hydrogen-bond acceptors (Lipinski definition) is 4. The Balaban J connectivity index is 2.17. The molecular formula is C13H20N2O3S. The van der Waals surface area contributed by atoms with Crippen LogP contribution in [0.4, 0.5) is 0 Å². The Morgan fingerprint density at radius 1 is 1.53 bits per heavy atom. The summed E-state index contributed by atoms with van der Waals surface area (Å²) in [5, 5.41) is 10.0. The summed E-state index contributed by atoms with van der Waals surface area (Å²) in [6.07, 6.45) is 3.02. The van der Waals surface area contributed by atoms with Crippen molar-refractivity contribution < 1.29 is 14.7 Å². The van der Waals surface area contributed by atoms with Crippen LogP contribution >= 0.6 is 11.8 Å². The van der Waals surface area contributed by atoms with E-state index in [0.29, 0.717) is 6.42 Å². The van der Waals surface area contributed by atoms with Gasteiger partial charge in [0.05, 0.1) is 6.04 Å². The molecule has 2 aliphatic rings. The van der Waals surface area contributed by atoms with Gasteiger partial charge in [0.1, 0.15) is 5.25 Å². The Morgan fingerprint density at radius 3 is 2.74 bits per heavy atom. The highest BCUT2D eigenvalue weighted by Gasteiger charge is 2.52. The van der Waals surface area contributed by atoms with Crippen LogP contribution in [0.25, 0.3) is 0 Å². The first-order chi connectivity index (χ1) is 9.01. The lowest BCUT2D eigenvalue weighted by molar-refractivity contribution is -0.136. The van der Waals surface area contributed by atoms with Crippen molar-refractivity contribution in [2.75, 3.05) is 0 Å². The average molecular weight is 284 g/mol. The maximum Gasteiger partial charge on any atom is 0.249 e. The Hall–Kier alpha value is -1.01. The zero-order chi connectivity index (χ0) is 14.2. The van der Waals surface area contributed by atoms with Crippen LogP contribution in [0.2, 0.25) is 0 Å². The minimum Gasteiger partial charge on any atom is -0.369 e. The molecule has 5 nitrogen and oxygen atoms in total. The van der Waals surface area contributed by atoms with Gasteiger partial charge in [0, 0.05) is 11.3 Å². The minimum absolute atomic E-state index is 0.172. The molecule has 0 saturated carbocycles. The molecule has 19 heavy (non-hydrogen) atoms. The maximum absolute atomic E-state index is 12.1. The third-order valence-electron chi connectivity index (χ3n) is 3.71. The zero-order valence-electron chi connectivity index (χ0n) is 11.2. The normalized spacial score (nSPS) is 34.2. The molecule has 0 aromatic rings. The lowest BCUT2D eigenvalue weighted by atomic mass is 10.0. The molecule has 2 aliphatic heterocycles. The number of thioether (sulfide) groups is 1. The Morgan fingerprint density at radius 2 is 2.21 bits per heavy atom. The van der Waals surface area contributed by atoms with Crippen molar-refractivity contribution in [3.63, 3.8) is 0 Å². The van der Waals surface area contributed by atoms with Crippen molar-refractivity contribution in [2.24, 2.45) is 5.73 Å². The van der Waals surface area contributed by atoms with E-state index in [9.17, 15) is 14.7 Å². The number of amides is 2. The van der Waals surface area contributed by atoms with Crippen LogP contribution in [0, 0.1) is 0 Å². The summed E-state index contributed by atoms with van der Waals surface area (Å²) >= 11 is 1.49. The molecule has 3 N–H and O–H groups in total. The van der Waals surface area contributed by atoms with E-state index >= 15 is 0 Å². The largest absolute Gasteiger partial charge is 0.369 e. The van der Waals surface area contributed by atoms with E-state index in [1.54, 1.807) is 0 Å².